The van der Waals surface area contributed by atoms with E-state index in [0.29, 0.717) is 18.9 Å². The van der Waals surface area contributed by atoms with Crippen molar-refractivity contribution < 1.29 is 9.53 Å². The van der Waals surface area contributed by atoms with Gasteiger partial charge in [-0.1, -0.05) is 25.3 Å². The van der Waals surface area contributed by atoms with Gasteiger partial charge in [0.05, 0.1) is 7.11 Å². The molecule has 26 heavy (non-hydrogen) atoms. The maximum Gasteiger partial charge on any atom is 0.220 e. The van der Waals surface area contributed by atoms with Gasteiger partial charge in [-0.3, -0.25) is 4.79 Å². The standard InChI is InChI=1S/C21H33N3O2/c1-26-19-7-5-6-18(12-19)24-11-8-17(15-24)14-23-20(25)13-21(16-22)9-3-2-4-10-21/h5-7,12,17H,2-4,8-11,13-16,22H2,1H3,(H,23,25). The van der Waals surface area contributed by atoms with E-state index in [2.05, 4.69) is 22.3 Å². The molecule has 3 N–H and O–H groups in total. The van der Waals surface area contributed by atoms with Gasteiger partial charge in [0.2, 0.25) is 5.91 Å². The first-order chi connectivity index (χ1) is 12.6. The summed E-state index contributed by atoms with van der Waals surface area (Å²) in [6.45, 7) is 3.41. The number of benzene rings is 1. The number of rotatable bonds is 7. The van der Waals surface area contributed by atoms with Gasteiger partial charge in [-0.05, 0) is 49.3 Å². The first-order valence-corrected chi connectivity index (χ1v) is 10.00. The highest BCUT2D eigenvalue weighted by atomic mass is 16.5. The maximum atomic E-state index is 12.5. The van der Waals surface area contributed by atoms with E-state index in [-0.39, 0.29) is 11.3 Å². The van der Waals surface area contributed by atoms with Crippen LogP contribution in [-0.4, -0.2) is 39.2 Å². The monoisotopic (exact) mass is 359 g/mol. The van der Waals surface area contributed by atoms with Crippen molar-refractivity contribution >= 4 is 11.6 Å². The topological polar surface area (TPSA) is 67.6 Å². The molecule has 1 aromatic carbocycles. The summed E-state index contributed by atoms with van der Waals surface area (Å²) in [6, 6.07) is 8.20. The number of nitrogens with one attached hydrogen (secondary N) is 1. The Morgan fingerprint density at radius 2 is 2.15 bits per heavy atom. The third-order valence-electron chi connectivity index (χ3n) is 6.18. The predicted octanol–water partition coefficient (Wildman–Crippen LogP) is 2.94. The van der Waals surface area contributed by atoms with Gasteiger partial charge in [0.25, 0.3) is 0 Å². The summed E-state index contributed by atoms with van der Waals surface area (Å²) in [5, 5.41) is 3.18. The van der Waals surface area contributed by atoms with Gasteiger partial charge in [0, 0.05) is 37.8 Å². The fourth-order valence-corrected chi connectivity index (χ4v) is 4.46. The summed E-state index contributed by atoms with van der Waals surface area (Å²) in [7, 11) is 1.70. The number of anilines is 1. The maximum absolute atomic E-state index is 12.5. The molecule has 1 aliphatic carbocycles. The Morgan fingerprint density at radius 1 is 1.35 bits per heavy atom. The summed E-state index contributed by atoms with van der Waals surface area (Å²) in [4.78, 5) is 14.8. The number of carbonyl (C=O) groups excluding carboxylic acids is 1. The van der Waals surface area contributed by atoms with Crippen LogP contribution in [0.25, 0.3) is 0 Å². The van der Waals surface area contributed by atoms with Gasteiger partial charge in [-0.25, -0.2) is 0 Å². The van der Waals surface area contributed by atoms with Gasteiger partial charge in [-0.2, -0.15) is 0 Å². The van der Waals surface area contributed by atoms with E-state index in [1.165, 1.54) is 24.9 Å². The molecule has 1 aliphatic heterocycles. The van der Waals surface area contributed by atoms with Crippen molar-refractivity contribution in [2.45, 2.75) is 44.9 Å². The van der Waals surface area contributed by atoms with Crippen molar-refractivity contribution in [1.29, 1.82) is 0 Å². The van der Waals surface area contributed by atoms with Crippen molar-refractivity contribution in [3.63, 3.8) is 0 Å². The van der Waals surface area contributed by atoms with E-state index in [4.69, 9.17) is 10.5 Å². The minimum absolute atomic E-state index is 0.0463. The van der Waals surface area contributed by atoms with Gasteiger partial charge in [-0.15, -0.1) is 0 Å². The lowest BCUT2D eigenvalue weighted by molar-refractivity contribution is -0.124. The third-order valence-corrected chi connectivity index (χ3v) is 6.18. The second kappa shape index (κ2) is 8.76. The van der Waals surface area contributed by atoms with Crippen LogP contribution in [0.4, 0.5) is 5.69 Å². The molecular weight excluding hydrogens is 326 g/mol. The zero-order valence-electron chi connectivity index (χ0n) is 16.0. The average molecular weight is 360 g/mol. The Hall–Kier alpha value is -1.75. The lowest BCUT2D eigenvalue weighted by atomic mass is 9.71. The van der Waals surface area contributed by atoms with E-state index in [0.717, 1.165) is 44.6 Å². The van der Waals surface area contributed by atoms with Crippen LogP contribution in [0, 0.1) is 11.3 Å². The summed E-state index contributed by atoms with van der Waals surface area (Å²) in [5.74, 6) is 1.57. The molecule has 1 saturated carbocycles. The molecule has 5 nitrogen and oxygen atoms in total. The highest BCUT2D eigenvalue weighted by Crippen LogP contribution is 2.38. The van der Waals surface area contributed by atoms with E-state index in [9.17, 15) is 4.79 Å². The van der Waals surface area contributed by atoms with Crippen molar-refractivity contribution in [3.8, 4) is 5.75 Å². The molecule has 3 rings (SSSR count). The molecule has 1 amide bonds. The molecule has 144 valence electrons. The Labute approximate surface area is 157 Å². The first-order valence-electron chi connectivity index (χ1n) is 10.00. The zero-order valence-corrected chi connectivity index (χ0v) is 16.0. The smallest absolute Gasteiger partial charge is 0.220 e. The number of nitrogens with zero attached hydrogens (tertiary/aromatic N) is 1. The van der Waals surface area contributed by atoms with Crippen LogP contribution in [-0.2, 0) is 4.79 Å². The molecule has 2 aliphatic rings. The second-order valence-corrected chi connectivity index (χ2v) is 8.05. The lowest BCUT2D eigenvalue weighted by Gasteiger charge is -2.35. The van der Waals surface area contributed by atoms with Crippen LogP contribution < -0.4 is 20.7 Å². The number of hydrogen-bond donors (Lipinski definition) is 2. The van der Waals surface area contributed by atoms with Gasteiger partial charge < -0.3 is 20.7 Å². The Morgan fingerprint density at radius 3 is 2.88 bits per heavy atom. The third kappa shape index (κ3) is 4.70. The Balaban J connectivity index is 1.46. The molecule has 0 spiro atoms. The average Bonchev–Trinajstić information content (AvgIpc) is 3.16. The van der Waals surface area contributed by atoms with Crippen LogP contribution in [0.5, 0.6) is 5.75 Å². The molecule has 1 atom stereocenters. The SMILES string of the molecule is COc1cccc(N2CCC(CNC(=O)CC3(CN)CCCCC3)C2)c1. The van der Waals surface area contributed by atoms with Gasteiger partial charge in [0.15, 0.2) is 0 Å². The fraction of sp³-hybridized carbons (Fsp3) is 0.667. The summed E-state index contributed by atoms with van der Waals surface area (Å²) < 4.78 is 5.32. The largest absolute Gasteiger partial charge is 0.497 e. The summed E-state index contributed by atoms with van der Waals surface area (Å²) in [6.07, 6.45) is 7.61. The van der Waals surface area contributed by atoms with Gasteiger partial charge >= 0.3 is 0 Å². The number of methoxy groups -OCH3 is 1. The van der Waals surface area contributed by atoms with Crippen LogP contribution >= 0.6 is 0 Å². The molecule has 1 unspecified atom stereocenters. The molecule has 0 aromatic heterocycles. The Bertz CT molecular complexity index is 599. The predicted molar refractivity (Wildman–Crippen MR) is 106 cm³/mol. The highest BCUT2D eigenvalue weighted by Gasteiger charge is 2.33. The zero-order chi connectivity index (χ0) is 18.4. The minimum Gasteiger partial charge on any atom is -0.497 e. The van der Waals surface area contributed by atoms with Crippen LogP contribution in [0.15, 0.2) is 24.3 Å². The minimum atomic E-state index is 0.0463. The van der Waals surface area contributed by atoms with Crippen molar-refractivity contribution in [3.05, 3.63) is 24.3 Å². The Kier molecular flexibility index (Phi) is 6.41. The number of hydrogen-bond acceptors (Lipinski definition) is 4. The number of carbonyl (C=O) groups is 1. The molecule has 0 radical (unpaired) electrons. The normalized spacial score (nSPS) is 22.2. The molecule has 0 bridgehead atoms. The van der Waals surface area contributed by atoms with Crippen molar-refractivity contribution in [1.82, 2.24) is 5.32 Å². The number of nitrogens with two attached hydrogens (primary N) is 1. The van der Waals surface area contributed by atoms with E-state index < -0.39 is 0 Å². The molecule has 1 heterocycles. The van der Waals surface area contributed by atoms with Gasteiger partial charge in [0.1, 0.15) is 5.75 Å². The van der Waals surface area contributed by atoms with E-state index in [1.54, 1.807) is 7.11 Å². The molecule has 5 heteroatoms. The van der Waals surface area contributed by atoms with E-state index >= 15 is 0 Å². The van der Waals surface area contributed by atoms with Crippen molar-refractivity contribution in [2.75, 3.05) is 38.2 Å². The fourth-order valence-electron chi connectivity index (χ4n) is 4.46. The first kappa shape index (κ1) is 19.0. The van der Waals surface area contributed by atoms with E-state index in [1.807, 2.05) is 12.1 Å². The summed E-state index contributed by atoms with van der Waals surface area (Å²) >= 11 is 0. The molecule has 1 saturated heterocycles. The quantitative estimate of drug-likeness (QED) is 0.785. The highest BCUT2D eigenvalue weighted by molar-refractivity contribution is 5.76. The molecular formula is C21H33N3O2. The number of ether oxygens (including phenoxy) is 1. The summed E-state index contributed by atoms with van der Waals surface area (Å²) in [5.41, 5.74) is 7.26. The van der Waals surface area contributed by atoms with Crippen LogP contribution in [0.1, 0.15) is 44.9 Å². The molecule has 2 fully saturated rings. The van der Waals surface area contributed by atoms with Crippen LogP contribution in [0.3, 0.4) is 0 Å². The van der Waals surface area contributed by atoms with Crippen LogP contribution in [0.2, 0.25) is 0 Å². The molecule has 1 aromatic rings. The van der Waals surface area contributed by atoms with Crippen molar-refractivity contribution in [2.24, 2.45) is 17.1 Å². The second-order valence-electron chi connectivity index (χ2n) is 8.05. The lowest BCUT2D eigenvalue weighted by Crippen LogP contribution is -2.40. The number of amides is 1.